The van der Waals surface area contributed by atoms with Crippen LogP contribution in [0.25, 0.3) is 0 Å². The molecule has 0 radical (unpaired) electrons. The molecule has 0 saturated carbocycles. The zero-order valence-electron chi connectivity index (χ0n) is 11.5. The highest BCUT2D eigenvalue weighted by Gasteiger charge is 2.02. The number of hydrogen-bond acceptors (Lipinski definition) is 2. The van der Waals surface area contributed by atoms with Crippen LogP contribution in [0.2, 0.25) is 0 Å². The summed E-state index contributed by atoms with van der Waals surface area (Å²) < 4.78 is 0. The molecule has 1 N–H and O–H groups in total. The molecule has 0 aliphatic rings. The van der Waals surface area contributed by atoms with Crippen LogP contribution >= 0.6 is 0 Å². The third-order valence-electron chi connectivity index (χ3n) is 3.28. The van der Waals surface area contributed by atoms with Crippen molar-refractivity contribution in [1.29, 1.82) is 0 Å². The Bertz CT molecular complexity index is 310. The fourth-order valence-corrected chi connectivity index (χ4v) is 1.95. The molecule has 96 valence electrons. The first-order chi connectivity index (χ1) is 8.24. The molecule has 1 atom stereocenters. The van der Waals surface area contributed by atoms with Gasteiger partial charge in [-0.1, -0.05) is 32.6 Å². The zero-order valence-corrected chi connectivity index (χ0v) is 11.5. The van der Waals surface area contributed by atoms with Gasteiger partial charge in [0.2, 0.25) is 0 Å². The molecule has 0 fully saturated rings. The van der Waals surface area contributed by atoms with E-state index in [2.05, 4.69) is 37.1 Å². The van der Waals surface area contributed by atoms with Crippen molar-refractivity contribution in [2.75, 3.05) is 0 Å². The largest absolute Gasteiger partial charge is 0.310 e. The molecule has 17 heavy (non-hydrogen) atoms. The average molecular weight is 234 g/mol. The maximum atomic E-state index is 4.17. The Morgan fingerprint density at radius 3 is 2.82 bits per heavy atom. The maximum absolute atomic E-state index is 4.17. The van der Waals surface area contributed by atoms with Crippen LogP contribution in [0.5, 0.6) is 0 Å². The van der Waals surface area contributed by atoms with Crippen LogP contribution in [-0.4, -0.2) is 11.0 Å². The van der Waals surface area contributed by atoms with Crippen LogP contribution in [0, 0.1) is 6.92 Å². The van der Waals surface area contributed by atoms with E-state index < -0.39 is 0 Å². The summed E-state index contributed by atoms with van der Waals surface area (Å²) in [5, 5.41) is 3.58. The van der Waals surface area contributed by atoms with E-state index in [0.29, 0.717) is 6.04 Å². The number of aromatic nitrogens is 1. The number of aryl methyl sites for hydroxylation is 1. The molecule has 0 aromatic carbocycles. The van der Waals surface area contributed by atoms with Gasteiger partial charge in [-0.05, 0) is 37.5 Å². The number of rotatable bonds is 8. The summed E-state index contributed by atoms with van der Waals surface area (Å²) in [6.07, 6.45) is 10.5. The zero-order chi connectivity index (χ0) is 12.5. The minimum Gasteiger partial charge on any atom is -0.310 e. The van der Waals surface area contributed by atoms with E-state index in [1.807, 2.05) is 12.4 Å². The van der Waals surface area contributed by atoms with E-state index in [1.54, 1.807) is 0 Å². The second kappa shape index (κ2) is 8.24. The van der Waals surface area contributed by atoms with Gasteiger partial charge < -0.3 is 5.32 Å². The van der Waals surface area contributed by atoms with Gasteiger partial charge in [0.15, 0.2) is 0 Å². The van der Waals surface area contributed by atoms with Crippen LogP contribution in [0.15, 0.2) is 18.5 Å². The lowest BCUT2D eigenvalue weighted by atomic mass is 10.1. The first-order valence-electron chi connectivity index (χ1n) is 6.87. The summed E-state index contributed by atoms with van der Waals surface area (Å²) in [6.45, 7) is 7.61. The highest BCUT2D eigenvalue weighted by atomic mass is 14.9. The van der Waals surface area contributed by atoms with Crippen LogP contribution in [0.1, 0.15) is 57.1 Å². The van der Waals surface area contributed by atoms with Crippen molar-refractivity contribution in [2.24, 2.45) is 0 Å². The summed E-state index contributed by atoms with van der Waals surface area (Å²) >= 11 is 0. The Morgan fingerprint density at radius 2 is 2.12 bits per heavy atom. The predicted octanol–water partition coefficient (Wildman–Crippen LogP) is 3.84. The molecule has 1 heterocycles. The van der Waals surface area contributed by atoms with Crippen molar-refractivity contribution in [3.05, 3.63) is 29.6 Å². The molecule has 2 heteroatoms. The fourth-order valence-electron chi connectivity index (χ4n) is 1.95. The first-order valence-corrected chi connectivity index (χ1v) is 6.87. The van der Waals surface area contributed by atoms with Gasteiger partial charge in [0.1, 0.15) is 0 Å². The first kappa shape index (κ1) is 14.2. The molecule has 0 spiro atoms. The van der Waals surface area contributed by atoms with E-state index in [-0.39, 0.29) is 0 Å². The highest BCUT2D eigenvalue weighted by molar-refractivity contribution is 5.21. The number of pyridine rings is 1. The van der Waals surface area contributed by atoms with Crippen molar-refractivity contribution in [1.82, 2.24) is 10.3 Å². The highest BCUT2D eigenvalue weighted by Crippen LogP contribution is 2.08. The number of hydrogen-bond donors (Lipinski definition) is 1. The SMILES string of the molecule is CCCCCCC(C)NCc1cnccc1C. The van der Waals surface area contributed by atoms with Crippen molar-refractivity contribution < 1.29 is 0 Å². The standard InChI is InChI=1S/C15H26N2/c1-4-5-6-7-8-14(3)17-12-15-11-16-10-9-13(15)2/h9-11,14,17H,4-8,12H2,1-3H3. The lowest BCUT2D eigenvalue weighted by Gasteiger charge is -2.14. The molecule has 0 aliphatic heterocycles. The Labute approximate surface area is 106 Å². The lowest BCUT2D eigenvalue weighted by molar-refractivity contribution is 0.482. The molecule has 1 aromatic rings. The number of nitrogens with zero attached hydrogens (tertiary/aromatic N) is 1. The van der Waals surface area contributed by atoms with E-state index in [1.165, 1.54) is 43.2 Å². The monoisotopic (exact) mass is 234 g/mol. The molecule has 0 amide bonds. The number of unbranched alkanes of at least 4 members (excludes halogenated alkanes) is 3. The molecule has 0 aliphatic carbocycles. The fraction of sp³-hybridized carbons (Fsp3) is 0.667. The van der Waals surface area contributed by atoms with Gasteiger partial charge in [-0.15, -0.1) is 0 Å². The van der Waals surface area contributed by atoms with Crippen molar-refractivity contribution in [3.63, 3.8) is 0 Å². The Balaban J connectivity index is 2.19. The van der Waals surface area contributed by atoms with Gasteiger partial charge in [-0.25, -0.2) is 0 Å². The molecular formula is C15H26N2. The van der Waals surface area contributed by atoms with E-state index in [9.17, 15) is 0 Å². The topological polar surface area (TPSA) is 24.9 Å². The van der Waals surface area contributed by atoms with Crippen molar-refractivity contribution >= 4 is 0 Å². The predicted molar refractivity (Wildman–Crippen MR) is 74.0 cm³/mol. The summed E-state index contributed by atoms with van der Waals surface area (Å²) in [5.74, 6) is 0. The molecule has 1 rings (SSSR count). The smallest absolute Gasteiger partial charge is 0.0315 e. The molecule has 0 saturated heterocycles. The molecule has 1 unspecified atom stereocenters. The molecule has 2 nitrogen and oxygen atoms in total. The van der Waals surface area contributed by atoms with E-state index in [0.717, 1.165) is 6.54 Å². The number of nitrogens with one attached hydrogen (secondary N) is 1. The Hall–Kier alpha value is -0.890. The van der Waals surface area contributed by atoms with Gasteiger partial charge in [0.05, 0.1) is 0 Å². The van der Waals surface area contributed by atoms with Crippen LogP contribution in [-0.2, 0) is 6.54 Å². The quantitative estimate of drug-likeness (QED) is 0.691. The van der Waals surface area contributed by atoms with Crippen LogP contribution < -0.4 is 5.32 Å². The third kappa shape index (κ3) is 5.83. The molecular weight excluding hydrogens is 208 g/mol. The van der Waals surface area contributed by atoms with Crippen LogP contribution in [0.4, 0.5) is 0 Å². The normalized spacial score (nSPS) is 12.6. The Morgan fingerprint density at radius 1 is 1.29 bits per heavy atom. The summed E-state index contributed by atoms with van der Waals surface area (Å²) in [7, 11) is 0. The average Bonchev–Trinajstić information content (AvgIpc) is 2.34. The lowest BCUT2D eigenvalue weighted by Crippen LogP contribution is -2.25. The Kier molecular flexibility index (Phi) is 6.87. The van der Waals surface area contributed by atoms with Gasteiger partial charge in [-0.2, -0.15) is 0 Å². The van der Waals surface area contributed by atoms with Crippen LogP contribution in [0.3, 0.4) is 0 Å². The summed E-state index contributed by atoms with van der Waals surface area (Å²) in [6, 6.07) is 2.68. The minimum absolute atomic E-state index is 0.603. The summed E-state index contributed by atoms with van der Waals surface area (Å²) in [4.78, 5) is 4.17. The third-order valence-corrected chi connectivity index (χ3v) is 3.28. The van der Waals surface area contributed by atoms with Gasteiger partial charge >= 0.3 is 0 Å². The van der Waals surface area contributed by atoms with E-state index >= 15 is 0 Å². The molecule has 1 aromatic heterocycles. The molecule has 0 bridgehead atoms. The van der Waals surface area contributed by atoms with Gasteiger partial charge in [0.25, 0.3) is 0 Å². The van der Waals surface area contributed by atoms with Gasteiger partial charge in [-0.3, -0.25) is 4.98 Å². The second-order valence-corrected chi connectivity index (χ2v) is 4.93. The second-order valence-electron chi connectivity index (χ2n) is 4.93. The minimum atomic E-state index is 0.603. The summed E-state index contributed by atoms with van der Waals surface area (Å²) in [5.41, 5.74) is 2.64. The van der Waals surface area contributed by atoms with Crippen molar-refractivity contribution in [3.8, 4) is 0 Å². The van der Waals surface area contributed by atoms with Crippen molar-refractivity contribution in [2.45, 2.75) is 65.5 Å². The maximum Gasteiger partial charge on any atom is 0.0315 e. The van der Waals surface area contributed by atoms with Gasteiger partial charge in [0, 0.05) is 25.0 Å². The van der Waals surface area contributed by atoms with E-state index in [4.69, 9.17) is 0 Å².